The number of pyridine rings is 1. The molecular formula is C23H16F6N6O3. The smallest absolute Gasteiger partial charge is 0.433 e. The fourth-order valence-electron chi connectivity index (χ4n) is 3.57. The lowest BCUT2D eigenvalue weighted by Crippen LogP contribution is -2.19. The van der Waals surface area contributed by atoms with Crippen LogP contribution in [0.1, 0.15) is 33.0 Å². The number of hydrazone groups is 1. The van der Waals surface area contributed by atoms with E-state index in [0.29, 0.717) is 12.1 Å². The number of carbonyl (C=O) groups excluding carboxylic acids is 1. The molecule has 198 valence electrons. The minimum Gasteiger partial charge on any atom is -0.504 e. The SMILES string of the molecule is COc1cccc(/C=N/NC(=O)c2nnn(-c3cc(C(F)(F)F)nc4c(C(F)(F)F)cccc34)c2C)c1O. The Balaban J connectivity index is 1.74. The number of rotatable bonds is 5. The Morgan fingerprint density at radius 3 is 2.47 bits per heavy atom. The molecule has 0 aliphatic heterocycles. The molecule has 0 saturated carbocycles. The first-order valence-corrected chi connectivity index (χ1v) is 10.5. The number of halogens is 6. The molecule has 0 atom stereocenters. The largest absolute Gasteiger partial charge is 0.504 e. The fourth-order valence-corrected chi connectivity index (χ4v) is 3.57. The number of amides is 1. The maximum Gasteiger partial charge on any atom is 0.433 e. The van der Waals surface area contributed by atoms with Crippen molar-refractivity contribution in [2.45, 2.75) is 19.3 Å². The first kappa shape index (κ1) is 26.4. The van der Waals surface area contributed by atoms with Crippen LogP contribution >= 0.6 is 0 Å². The van der Waals surface area contributed by atoms with Crippen molar-refractivity contribution >= 4 is 23.0 Å². The Bertz CT molecular complexity index is 1560. The van der Waals surface area contributed by atoms with Crippen LogP contribution in [0.3, 0.4) is 0 Å². The monoisotopic (exact) mass is 538 g/mol. The zero-order chi connectivity index (χ0) is 27.8. The Morgan fingerprint density at radius 1 is 1.11 bits per heavy atom. The average Bonchev–Trinajstić information content (AvgIpc) is 3.23. The highest BCUT2D eigenvalue weighted by atomic mass is 19.4. The van der Waals surface area contributed by atoms with E-state index in [1.54, 1.807) is 6.07 Å². The predicted octanol–water partition coefficient (Wildman–Crippen LogP) is 4.64. The van der Waals surface area contributed by atoms with Gasteiger partial charge in [-0.15, -0.1) is 5.10 Å². The summed E-state index contributed by atoms with van der Waals surface area (Å²) < 4.78 is 87.0. The maximum atomic E-state index is 13.5. The molecule has 0 bridgehead atoms. The van der Waals surface area contributed by atoms with Gasteiger partial charge >= 0.3 is 12.4 Å². The van der Waals surface area contributed by atoms with Crippen LogP contribution in [0.4, 0.5) is 26.3 Å². The van der Waals surface area contributed by atoms with Crippen LogP contribution in [0.15, 0.2) is 47.6 Å². The van der Waals surface area contributed by atoms with Crippen molar-refractivity contribution in [2.75, 3.05) is 7.11 Å². The summed E-state index contributed by atoms with van der Waals surface area (Å²) in [6.07, 6.45) is -8.94. The van der Waals surface area contributed by atoms with E-state index in [-0.39, 0.29) is 33.8 Å². The third-order valence-electron chi connectivity index (χ3n) is 5.37. The molecule has 9 nitrogen and oxygen atoms in total. The molecule has 2 aromatic heterocycles. The lowest BCUT2D eigenvalue weighted by Gasteiger charge is -2.15. The number of hydrogen-bond acceptors (Lipinski definition) is 7. The van der Waals surface area contributed by atoms with E-state index in [1.807, 2.05) is 0 Å². The van der Waals surface area contributed by atoms with Crippen molar-refractivity contribution in [1.29, 1.82) is 0 Å². The molecule has 0 unspecified atom stereocenters. The van der Waals surface area contributed by atoms with Crippen molar-refractivity contribution < 1.29 is 41.0 Å². The second-order valence-corrected chi connectivity index (χ2v) is 7.76. The number of methoxy groups -OCH3 is 1. The lowest BCUT2D eigenvalue weighted by molar-refractivity contribution is -0.142. The molecule has 38 heavy (non-hydrogen) atoms. The Hall–Kier alpha value is -4.69. The molecule has 1 amide bonds. The van der Waals surface area contributed by atoms with Gasteiger partial charge in [0.15, 0.2) is 17.2 Å². The molecule has 4 rings (SSSR count). The molecule has 15 heteroatoms. The summed E-state index contributed by atoms with van der Waals surface area (Å²) in [5.41, 5.74) is -2.40. The van der Waals surface area contributed by atoms with Gasteiger partial charge in [0.25, 0.3) is 5.91 Å². The molecule has 0 aliphatic carbocycles. The normalized spacial score (nSPS) is 12.3. The molecular weight excluding hydrogens is 522 g/mol. The van der Waals surface area contributed by atoms with Crippen LogP contribution in [0, 0.1) is 6.92 Å². The second-order valence-electron chi connectivity index (χ2n) is 7.76. The summed E-state index contributed by atoms with van der Waals surface area (Å²) in [6.45, 7) is 1.29. The summed E-state index contributed by atoms with van der Waals surface area (Å²) in [4.78, 5) is 15.8. The van der Waals surface area contributed by atoms with E-state index < -0.39 is 40.7 Å². The van der Waals surface area contributed by atoms with Gasteiger partial charge < -0.3 is 9.84 Å². The Morgan fingerprint density at radius 2 is 1.82 bits per heavy atom. The Kier molecular flexibility index (Phi) is 6.69. The quantitative estimate of drug-likeness (QED) is 0.217. The molecule has 0 aliphatic rings. The van der Waals surface area contributed by atoms with Crippen LogP contribution < -0.4 is 10.2 Å². The number of aromatic nitrogens is 4. The minimum absolute atomic E-state index is 0.0834. The number of phenols is 1. The summed E-state index contributed by atoms with van der Waals surface area (Å²) >= 11 is 0. The average molecular weight is 538 g/mol. The zero-order valence-corrected chi connectivity index (χ0v) is 19.4. The molecule has 4 aromatic rings. The zero-order valence-electron chi connectivity index (χ0n) is 19.4. The molecule has 0 spiro atoms. The van der Waals surface area contributed by atoms with Crippen LogP contribution in [-0.2, 0) is 12.4 Å². The van der Waals surface area contributed by atoms with Crippen LogP contribution in [-0.4, -0.2) is 44.3 Å². The van der Waals surface area contributed by atoms with Gasteiger partial charge in [-0.1, -0.05) is 23.4 Å². The fraction of sp³-hybridized carbons (Fsp3) is 0.174. The number of alkyl halides is 6. The van der Waals surface area contributed by atoms with Gasteiger partial charge in [-0.3, -0.25) is 4.79 Å². The van der Waals surface area contributed by atoms with Crippen molar-refractivity contribution in [1.82, 2.24) is 25.4 Å². The third-order valence-corrected chi connectivity index (χ3v) is 5.37. The highest BCUT2D eigenvalue weighted by Gasteiger charge is 2.38. The topological polar surface area (TPSA) is 115 Å². The number of aromatic hydroxyl groups is 1. The van der Waals surface area contributed by atoms with E-state index in [2.05, 4.69) is 25.8 Å². The van der Waals surface area contributed by atoms with Crippen molar-refractivity contribution in [3.8, 4) is 17.2 Å². The maximum absolute atomic E-state index is 13.5. The van der Waals surface area contributed by atoms with Gasteiger partial charge in [0, 0.05) is 10.9 Å². The van der Waals surface area contributed by atoms with Crippen molar-refractivity contribution in [2.24, 2.45) is 5.10 Å². The highest BCUT2D eigenvalue weighted by molar-refractivity contribution is 5.95. The number of nitrogens with zero attached hydrogens (tertiary/aromatic N) is 5. The first-order chi connectivity index (χ1) is 17.8. The number of hydrogen-bond donors (Lipinski definition) is 2. The first-order valence-electron chi connectivity index (χ1n) is 10.5. The number of ether oxygens (including phenoxy) is 1. The van der Waals surface area contributed by atoms with Gasteiger partial charge in [0.1, 0.15) is 5.69 Å². The van der Waals surface area contributed by atoms with Gasteiger partial charge in [-0.2, -0.15) is 31.4 Å². The Labute approximate surface area is 209 Å². The molecule has 2 N–H and O–H groups in total. The van der Waals surface area contributed by atoms with E-state index in [9.17, 15) is 36.2 Å². The van der Waals surface area contributed by atoms with Crippen LogP contribution in [0.25, 0.3) is 16.6 Å². The second kappa shape index (κ2) is 9.64. The van der Waals surface area contributed by atoms with E-state index in [0.717, 1.165) is 23.0 Å². The number of para-hydroxylation sites is 2. The summed E-state index contributed by atoms with van der Waals surface area (Å²) in [5.74, 6) is -0.994. The van der Waals surface area contributed by atoms with E-state index >= 15 is 0 Å². The number of nitrogens with one attached hydrogen (secondary N) is 1. The third kappa shape index (κ3) is 4.94. The summed E-state index contributed by atoms with van der Waals surface area (Å²) in [7, 11) is 1.34. The lowest BCUT2D eigenvalue weighted by atomic mass is 10.1. The van der Waals surface area contributed by atoms with Crippen molar-refractivity contribution in [3.05, 3.63) is 70.7 Å². The molecule has 0 fully saturated rings. The highest BCUT2D eigenvalue weighted by Crippen LogP contribution is 2.38. The summed E-state index contributed by atoms with van der Waals surface area (Å²) in [6, 6.07) is 7.86. The molecule has 0 radical (unpaired) electrons. The minimum atomic E-state index is -5.07. The number of fused-ring (bicyclic) bond motifs is 1. The van der Waals surface area contributed by atoms with E-state index in [4.69, 9.17) is 4.74 Å². The predicted molar refractivity (Wildman–Crippen MR) is 121 cm³/mol. The van der Waals surface area contributed by atoms with Crippen molar-refractivity contribution in [3.63, 3.8) is 0 Å². The van der Waals surface area contributed by atoms with Gasteiger partial charge in [0.05, 0.1) is 35.8 Å². The molecule has 0 saturated heterocycles. The number of carbonyl (C=O) groups is 1. The molecule has 2 heterocycles. The standard InChI is InChI=1S/C23H16F6N6O3/c1-11-18(21(37)33-30-10-12-5-3-8-16(38-2)20(12)36)32-34-35(11)15-9-17(23(27,28)29)31-19-13(15)6-4-7-14(19)22(24,25)26/h3-10,36H,1-2H3,(H,33,37)/b30-10+. The van der Waals surface area contributed by atoms with E-state index in [1.165, 1.54) is 26.2 Å². The summed E-state index contributed by atoms with van der Waals surface area (Å²) in [5, 5.41) is 20.9. The molecule has 2 aromatic carbocycles. The van der Waals surface area contributed by atoms with Gasteiger partial charge in [-0.25, -0.2) is 15.1 Å². The van der Waals surface area contributed by atoms with Crippen LogP contribution in [0.2, 0.25) is 0 Å². The van der Waals surface area contributed by atoms with Gasteiger partial charge in [0.2, 0.25) is 0 Å². The van der Waals surface area contributed by atoms with Gasteiger partial charge in [-0.05, 0) is 31.2 Å². The number of benzene rings is 2. The number of phenolic OH excluding ortho intramolecular Hbond substituents is 1. The van der Waals surface area contributed by atoms with Crippen LogP contribution in [0.5, 0.6) is 11.5 Å².